The second-order valence-corrected chi connectivity index (χ2v) is 9.24. The number of rotatable bonds is 16. The number of hydrogen-bond acceptors (Lipinski definition) is 7. The number of carboxylic acids is 2. The second-order valence-electron chi connectivity index (χ2n) is 9.24. The standard InChI is InChI=1S/C25H36N8O7/c1-13(21(36)33-19(24(39)40)8-9-20(34)35)31-23(38)18(7-4-10-29-25(27)28)32-22(37)16(26)11-14-12-30-17-6-3-2-5-15(14)17/h2-3,5-6,12-13,16,18-19,30H,4,7-11,26H2,1H3,(H,31,38)(H,32,37)(H,33,36)(H,34,35)(H,39,40)(H4,27,28,29). The van der Waals surface area contributed by atoms with Gasteiger partial charge in [0, 0.05) is 30.1 Å². The number of hydrogen-bond donors (Lipinski definition) is 9. The predicted molar refractivity (Wildman–Crippen MR) is 146 cm³/mol. The normalized spacial score (nSPS) is 13.8. The number of fused-ring (bicyclic) bond motifs is 1. The van der Waals surface area contributed by atoms with E-state index in [2.05, 4.69) is 25.9 Å². The molecule has 4 atom stereocenters. The summed E-state index contributed by atoms with van der Waals surface area (Å²) in [4.78, 5) is 67.6. The Hall–Kier alpha value is -4.66. The minimum absolute atomic E-state index is 0.110. The number of para-hydroxylation sites is 1. The summed E-state index contributed by atoms with van der Waals surface area (Å²) in [7, 11) is 0. The maximum Gasteiger partial charge on any atom is 0.326 e. The fourth-order valence-electron chi connectivity index (χ4n) is 3.88. The lowest BCUT2D eigenvalue weighted by molar-refractivity contribution is -0.143. The van der Waals surface area contributed by atoms with Crippen LogP contribution in [0.3, 0.4) is 0 Å². The first kappa shape index (κ1) is 31.6. The van der Waals surface area contributed by atoms with E-state index in [1.54, 1.807) is 6.20 Å². The fraction of sp³-hybridized carbons (Fsp3) is 0.440. The van der Waals surface area contributed by atoms with Crippen LogP contribution in [0.2, 0.25) is 0 Å². The zero-order valence-electron chi connectivity index (χ0n) is 22.1. The van der Waals surface area contributed by atoms with Gasteiger partial charge in [0.2, 0.25) is 17.7 Å². The first-order valence-corrected chi connectivity index (χ1v) is 12.6. The van der Waals surface area contributed by atoms with E-state index in [4.69, 9.17) is 22.3 Å². The van der Waals surface area contributed by atoms with Crippen LogP contribution < -0.4 is 33.2 Å². The van der Waals surface area contributed by atoms with Gasteiger partial charge in [-0.1, -0.05) is 18.2 Å². The molecule has 0 aliphatic rings. The van der Waals surface area contributed by atoms with Gasteiger partial charge in [-0.3, -0.25) is 24.2 Å². The molecule has 15 heteroatoms. The molecule has 40 heavy (non-hydrogen) atoms. The lowest BCUT2D eigenvalue weighted by atomic mass is 10.0. The van der Waals surface area contributed by atoms with Crippen molar-refractivity contribution in [3.05, 3.63) is 36.0 Å². The number of nitrogens with two attached hydrogens (primary N) is 3. The van der Waals surface area contributed by atoms with E-state index >= 15 is 0 Å². The van der Waals surface area contributed by atoms with Crippen molar-refractivity contribution in [2.45, 2.75) is 63.2 Å². The van der Waals surface area contributed by atoms with Crippen molar-refractivity contribution in [2.75, 3.05) is 6.54 Å². The molecule has 0 saturated heterocycles. The molecule has 0 fully saturated rings. The average Bonchev–Trinajstić information content (AvgIpc) is 3.30. The van der Waals surface area contributed by atoms with Crippen molar-refractivity contribution in [1.82, 2.24) is 20.9 Å². The Morgan fingerprint density at radius 1 is 0.950 bits per heavy atom. The smallest absolute Gasteiger partial charge is 0.326 e. The molecule has 0 saturated carbocycles. The largest absolute Gasteiger partial charge is 0.481 e. The highest BCUT2D eigenvalue weighted by Crippen LogP contribution is 2.18. The lowest BCUT2D eigenvalue weighted by Gasteiger charge is -2.23. The number of aliphatic carboxylic acids is 2. The van der Waals surface area contributed by atoms with E-state index < -0.39 is 60.2 Å². The molecule has 0 bridgehead atoms. The van der Waals surface area contributed by atoms with Crippen LogP contribution in [0.5, 0.6) is 0 Å². The first-order chi connectivity index (χ1) is 18.9. The van der Waals surface area contributed by atoms with Crippen molar-refractivity contribution in [2.24, 2.45) is 22.2 Å². The molecule has 3 amide bonds. The SMILES string of the molecule is CC(NC(=O)C(CCCN=C(N)N)NC(=O)C(N)Cc1c[nH]c2ccccc12)C(=O)NC(CCC(=O)O)C(=O)O. The van der Waals surface area contributed by atoms with Gasteiger partial charge in [-0.05, 0) is 44.2 Å². The maximum atomic E-state index is 13.0. The van der Waals surface area contributed by atoms with Crippen molar-refractivity contribution in [3.8, 4) is 0 Å². The molecule has 0 spiro atoms. The van der Waals surface area contributed by atoms with Crippen molar-refractivity contribution in [3.63, 3.8) is 0 Å². The summed E-state index contributed by atoms with van der Waals surface area (Å²) in [6.45, 7) is 1.51. The Labute approximate surface area is 229 Å². The van der Waals surface area contributed by atoms with E-state index in [0.29, 0.717) is 6.42 Å². The number of aliphatic imine (C=N–C) groups is 1. The molecule has 1 aromatic heterocycles. The molecule has 15 nitrogen and oxygen atoms in total. The molecule has 2 rings (SSSR count). The van der Waals surface area contributed by atoms with Crippen LogP contribution in [-0.2, 0) is 30.4 Å². The van der Waals surface area contributed by atoms with Crippen LogP contribution in [0.4, 0.5) is 0 Å². The molecular weight excluding hydrogens is 524 g/mol. The number of carbonyl (C=O) groups is 5. The molecule has 1 heterocycles. The molecule has 1 aromatic carbocycles. The van der Waals surface area contributed by atoms with E-state index in [1.165, 1.54) is 6.92 Å². The topological polar surface area (TPSA) is 268 Å². The molecule has 4 unspecified atom stereocenters. The Morgan fingerprint density at radius 3 is 2.27 bits per heavy atom. The van der Waals surface area contributed by atoms with Crippen LogP contribution >= 0.6 is 0 Å². The molecular formula is C25H36N8O7. The summed E-state index contributed by atoms with van der Waals surface area (Å²) in [5.41, 5.74) is 18.5. The summed E-state index contributed by atoms with van der Waals surface area (Å²) in [6, 6.07) is 2.78. The van der Waals surface area contributed by atoms with Crippen molar-refractivity contribution >= 4 is 46.5 Å². The third kappa shape index (κ3) is 9.90. The number of carboxylic acid groups (broad SMARTS) is 2. The van der Waals surface area contributed by atoms with Crippen LogP contribution in [0.1, 0.15) is 38.2 Å². The second kappa shape index (κ2) is 15.1. The van der Waals surface area contributed by atoms with Crippen molar-refractivity contribution in [1.29, 1.82) is 0 Å². The van der Waals surface area contributed by atoms with Gasteiger partial charge >= 0.3 is 11.9 Å². The van der Waals surface area contributed by atoms with E-state index in [-0.39, 0.29) is 31.8 Å². The van der Waals surface area contributed by atoms with Crippen LogP contribution in [0.25, 0.3) is 10.9 Å². The fourth-order valence-corrected chi connectivity index (χ4v) is 3.88. The highest BCUT2D eigenvalue weighted by Gasteiger charge is 2.28. The van der Waals surface area contributed by atoms with Gasteiger partial charge in [0.15, 0.2) is 5.96 Å². The molecule has 0 radical (unpaired) electrons. The summed E-state index contributed by atoms with van der Waals surface area (Å²) in [5, 5.41) is 26.2. The molecule has 0 aliphatic carbocycles. The van der Waals surface area contributed by atoms with Gasteiger partial charge in [-0.2, -0.15) is 0 Å². The van der Waals surface area contributed by atoms with Crippen molar-refractivity contribution < 1.29 is 34.2 Å². The van der Waals surface area contributed by atoms with Gasteiger partial charge < -0.3 is 48.3 Å². The van der Waals surface area contributed by atoms with Gasteiger partial charge in [0.1, 0.15) is 18.1 Å². The lowest BCUT2D eigenvalue weighted by Crippen LogP contribution is -2.56. The third-order valence-corrected chi connectivity index (χ3v) is 6.04. The Morgan fingerprint density at radius 2 is 1.62 bits per heavy atom. The van der Waals surface area contributed by atoms with E-state index in [0.717, 1.165) is 16.5 Å². The highest BCUT2D eigenvalue weighted by molar-refractivity contribution is 5.94. The quantitative estimate of drug-likeness (QED) is 0.0652. The zero-order valence-corrected chi connectivity index (χ0v) is 22.1. The Bertz CT molecular complexity index is 1240. The molecule has 2 aromatic rings. The third-order valence-electron chi connectivity index (χ3n) is 6.04. The Balaban J connectivity index is 2.05. The minimum Gasteiger partial charge on any atom is -0.481 e. The predicted octanol–water partition coefficient (Wildman–Crippen LogP) is -1.48. The minimum atomic E-state index is -1.46. The van der Waals surface area contributed by atoms with Gasteiger partial charge in [-0.25, -0.2) is 4.79 Å². The van der Waals surface area contributed by atoms with Gasteiger partial charge in [-0.15, -0.1) is 0 Å². The summed E-state index contributed by atoms with van der Waals surface area (Å²) in [5.74, 6) is -4.91. The van der Waals surface area contributed by atoms with Crippen LogP contribution in [0, 0.1) is 0 Å². The number of nitrogens with one attached hydrogen (secondary N) is 4. The number of benzene rings is 1. The number of carbonyl (C=O) groups excluding carboxylic acids is 3. The molecule has 12 N–H and O–H groups in total. The number of guanidine groups is 1. The molecule has 218 valence electrons. The van der Waals surface area contributed by atoms with E-state index in [9.17, 15) is 29.1 Å². The number of H-pyrrole nitrogens is 1. The number of aromatic nitrogens is 1. The van der Waals surface area contributed by atoms with Crippen LogP contribution in [-0.4, -0.2) is 81.5 Å². The average molecular weight is 561 g/mol. The number of aromatic amines is 1. The molecule has 0 aliphatic heterocycles. The van der Waals surface area contributed by atoms with Gasteiger partial charge in [0.25, 0.3) is 0 Å². The monoisotopic (exact) mass is 560 g/mol. The van der Waals surface area contributed by atoms with E-state index in [1.807, 2.05) is 24.3 Å². The van der Waals surface area contributed by atoms with Gasteiger partial charge in [0.05, 0.1) is 6.04 Å². The first-order valence-electron chi connectivity index (χ1n) is 12.6. The maximum absolute atomic E-state index is 13.0. The van der Waals surface area contributed by atoms with Crippen LogP contribution in [0.15, 0.2) is 35.5 Å². The number of amides is 3. The Kier molecular flexibility index (Phi) is 11.9. The zero-order chi connectivity index (χ0) is 29.8. The number of nitrogens with zero attached hydrogens (tertiary/aromatic N) is 1. The highest BCUT2D eigenvalue weighted by atomic mass is 16.4. The summed E-state index contributed by atoms with van der Waals surface area (Å²) in [6.07, 6.45) is 1.57. The summed E-state index contributed by atoms with van der Waals surface area (Å²) < 4.78 is 0. The summed E-state index contributed by atoms with van der Waals surface area (Å²) >= 11 is 0.